The maximum Gasteiger partial charge on any atom is 0.255 e. The van der Waals surface area contributed by atoms with E-state index in [2.05, 4.69) is 15.4 Å². The Morgan fingerprint density at radius 1 is 0.839 bits per heavy atom. The molecule has 0 saturated carbocycles. The zero-order chi connectivity index (χ0) is 22.4. The van der Waals surface area contributed by atoms with E-state index < -0.39 is 10.0 Å². The Morgan fingerprint density at radius 3 is 2.10 bits per heavy atom. The van der Waals surface area contributed by atoms with Crippen LogP contribution in [0, 0.1) is 6.92 Å². The first kappa shape index (κ1) is 22.2. The molecule has 31 heavy (non-hydrogen) atoms. The van der Waals surface area contributed by atoms with E-state index in [1.165, 1.54) is 31.2 Å². The maximum atomic E-state index is 12.5. The molecule has 0 bridgehead atoms. The quantitative estimate of drug-likeness (QED) is 0.524. The van der Waals surface area contributed by atoms with E-state index in [-0.39, 0.29) is 23.3 Å². The van der Waals surface area contributed by atoms with Gasteiger partial charge in [-0.15, -0.1) is 0 Å². The Bertz CT molecular complexity index is 1190. The van der Waals surface area contributed by atoms with Gasteiger partial charge in [-0.05, 0) is 60.5 Å². The highest BCUT2D eigenvalue weighted by Crippen LogP contribution is 2.16. The summed E-state index contributed by atoms with van der Waals surface area (Å²) < 4.78 is 27.5. The van der Waals surface area contributed by atoms with Gasteiger partial charge in [-0.3, -0.25) is 9.59 Å². The van der Waals surface area contributed by atoms with Gasteiger partial charge in [0.1, 0.15) is 0 Å². The van der Waals surface area contributed by atoms with Gasteiger partial charge in [0.05, 0.1) is 4.90 Å². The average Bonchev–Trinajstić information content (AvgIpc) is 2.74. The Kier molecular flexibility index (Phi) is 6.84. The van der Waals surface area contributed by atoms with Gasteiger partial charge < -0.3 is 10.6 Å². The van der Waals surface area contributed by atoms with Gasteiger partial charge in [-0.2, -0.15) is 0 Å². The molecule has 7 nitrogen and oxygen atoms in total. The van der Waals surface area contributed by atoms with Gasteiger partial charge in [-0.25, -0.2) is 13.1 Å². The number of sulfonamides is 1. The Balaban J connectivity index is 1.61. The van der Waals surface area contributed by atoms with Crippen LogP contribution in [-0.4, -0.2) is 20.2 Å². The average molecular weight is 438 g/mol. The number of aryl methyl sites for hydroxylation is 1. The van der Waals surface area contributed by atoms with Crippen LogP contribution in [0.25, 0.3) is 0 Å². The monoisotopic (exact) mass is 437 g/mol. The summed E-state index contributed by atoms with van der Waals surface area (Å²) in [6.07, 6.45) is 0. The second-order valence-corrected chi connectivity index (χ2v) is 8.76. The van der Waals surface area contributed by atoms with Gasteiger partial charge in [0.2, 0.25) is 15.9 Å². The molecule has 0 aliphatic heterocycles. The minimum atomic E-state index is -3.72. The van der Waals surface area contributed by atoms with Crippen LogP contribution in [0.1, 0.15) is 28.4 Å². The summed E-state index contributed by atoms with van der Waals surface area (Å²) in [5.41, 5.74) is 3.42. The maximum absolute atomic E-state index is 12.5. The van der Waals surface area contributed by atoms with Crippen molar-refractivity contribution in [2.75, 3.05) is 10.6 Å². The molecule has 0 heterocycles. The summed E-state index contributed by atoms with van der Waals surface area (Å²) >= 11 is 0. The van der Waals surface area contributed by atoms with Gasteiger partial charge in [0.15, 0.2) is 0 Å². The van der Waals surface area contributed by atoms with Crippen LogP contribution in [0.4, 0.5) is 11.4 Å². The van der Waals surface area contributed by atoms with Crippen molar-refractivity contribution in [3.8, 4) is 0 Å². The first-order chi connectivity index (χ1) is 14.7. The van der Waals surface area contributed by atoms with Crippen LogP contribution in [0.15, 0.2) is 77.7 Å². The predicted molar refractivity (Wildman–Crippen MR) is 120 cm³/mol. The standard InChI is InChI=1S/C23H23N3O4S/c1-16-5-3-4-6-22(16)26-23(28)19-9-7-18(8-10-19)15-24-31(29,30)21-13-11-20(12-14-21)25-17(2)27/h3-14,24H,15H2,1-2H3,(H,25,27)(H,26,28). The van der Waals surface area contributed by atoms with Crippen molar-refractivity contribution < 1.29 is 18.0 Å². The van der Waals surface area contributed by atoms with Crippen molar-refractivity contribution in [3.05, 3.63) is 89.5 Å². The number of carbonyl (C=O) groups excluding carboxylic acids is 2. The van der Waals surface area contributed by atoms with Gasteiger partial charge in [0, 0.05) is 30.4 Å². The third-order valence-corrected chi connectivity index (χ3v) is 5.98. The van der Waals surface area contributed by atoms with Crippen molar-refractivity contribution >= 4 is 33.2 Å². The van der Waals surface area contributed by atoms with Crippen molar-refractivity contribution in [1.29, 1.82) is 0 Å². The van der Waals surface area contributed by atoms with Crippen molar-refractivity contribution in [1.82, 2.24) is 4.72 Å². The molecular weight excluding hydrogens is 414 g/mol. The fraction of sp³-hybridized carbons (Fsp3) is 0.130. The summed E-state index contributed by atoms with van der Waals surface area (Å²) in [5, 5.41) is 5.45. The molecule has 0 unspecified atom stereocenters. The lowest BCUT2D eigenvalue weighted by molar-refractivity contribution is -0.114. The van der Waals surface area contributed by atoms with Crippen LogP contribution < -0.4 is 15.4 Å². The van der Waals surface area contributed by atoms with E-state index in [1.54, 1.807) is 24.3 Å². The molecular formula is C23H23N3O4S. The van der Waals surface area contributed by atoms with E-state index in [0.717, 1.165) is 11.3 Å². The molecule has 0 saturated heterocycles. The molecule has 0 fully saturated rings. The summed E-state index contributed by atoms with van der Waals surface area (Å²) in [6, 6.07) is 20.1. The topological polar surface area (TPSA) is 104 Å². The smallest absolute Gasteiger partial charge is 0.255 e. The fourth-order valence-electron chi connectivity index (χ4n) is 2.86. The van der Waals surface area contributed by atoms with E-state index in [4.69, 9.17) is 0 Å². The molecule has 3 rings (SSSR count). The third kappa shape index (κ3) is 6.00. The zero-order valence-corrected chi connectivity index (χ0v) is 18.0. The van der Waals surface area contributed by atoms with Crippen LogP contribution in [0.2, 0.25) is 0 Å². The van der Waals surface area contributed by atoms with Crippen LogP contribution in [0.3, 0.4) is 0 Å². The lowest BCUT2D eigenvalue weighted by atomic mass is 10.1. The second-order valence-electron chi connectivity index (χ2n) is 7.00. The number of hydrogen-bond acceptors (Lipinski definition) is 4. The third-order valence-electron chi connectivity index (χ3n) is 4.56. The molecule has 0 spiro atoms. The minimum absolute atomic E-state index is 0.0788. The first-order valence-corrected chi connectivity index (χ1v) is 11.1. The molecule has 3 aromatic carbocycles. The Hall–Kier alpha value is -3.49. The number of amides is 2. The van der Waals surface area contributed by atoms with Crippen molar-refractivity contribution in [2.24, 2.45) is 0 Å². The molecule has 0 atom stereocenters. The number of rotatable bonds is 7. The number of benzene rings is 3. The zero-order valence-electron chi connectivity index (χ0n) is 17.2. The number of nitrogens with one attached hydrogen (secondary N) is 3. The summed E-state index contributed by atoms with van der Waals surface area (Å²) in [7, 11) is -3.72. The molecule has 8 heteroatoms. The predicted octanol–water partition coefficient (Wildman–Crippen LogP) is 3.68. The Morgan fingerprint density at radius 2 is 1.48 bits per heavy atom. The number of hydrogen-bond donors (Lipinski definition) is 3. The highest BCUT2D eigenvalue weighted by atomic mass is 32.2. The summed E-state index contributed by atoms with van der Waals surface area (Å²) in [6.45, 7) is 3.37. The Labute approximate surface area is 181 Å². The molecule has 0 aliphatic rings. The van der Waals surface area contributed by atoms with E-state index >= 15 is 0 Å². The summed E-state index contributed by atoms with van der Waals surface area (Å²) in [4.78, 5) is 23.6. The SMILES string of the molecule is CC(=O)Nc1ccc(S(=O)(=O)NCc2ccc(C(=O)Nc3ccccc3C)cc2)cc1. The molecule has 3 aromatic rings. The van der Waals surface area contributed by atoms with Crippen LogP contribution in [0.5, 0.6) is 0 Å². The molecule has 0 aliphatic carbocycles. The molecule has 3 N–H and O–H groups in total. The van der Waals surface area contributed by atoms with Gasteiger partial charge in [0.25, 0.3) is 5.91 Å². The molecule has 2 amide bonds. The van der Waals surface area contributed by atoms with Gasteiger partial charge in [-0.1, -0.05) is 30.3 Å². The second kappa shape index (κ2) is 9.55. The lowest BCUT2D eigenvalue weighted by Gasteiger charge is -2.10. The molecule has 0 radical (unpaired) electrons. The summed E-state index contributed by atoms with van der Waals surface area (Å²) in [5.74, 6) is -0.467. The lowest BCUT2D eigenvalue weighted by Crippen LogP contribution is -2.23. The van der Waals surface area contributed by atoms with Crippen LogP contribution >= 0.6 is 0 Å². The van der Waals surface area contributed by atoms with Crippen molar-refractivity contribution in [2.45, 2.75) is 25.3 Å². The minimum Gasteiger partial charge on any atom is -0.326 e. The van der Waals surface area contributed by atoms with Gasteiger partial charge >= 0.3 is 0 Å². The number of anilines is 2. The highest BCUT2D eigenvalue weighted by Gasteiger charge is 2.14. The number of carbonyl (C=O) groups is 2. The largest absolute Gasteiger partial charge is 0.326 e. The number of para-hydroxylation sites is 1. The van der Waals surface area contributed by atoms with E-state index in [0.29, 0.717) is 16.8 Å². The molecule has 0 aromatic heterocycles. The highest BCUT2D eigenvalue weighted by molar-refractivity contribution is 7.89. The van der Waals surface area contributed by atoms with Crippen molar-refractivity contribution in [3.63, 3.8) is 0 Å². The van der Waals surface area contributed by atoms with E-state index in [1.807, 2.05) is 31.2 Å². The van der Waals surface area contributed by atoms with E-state index in [9.17, 15) is 18.0 Å². The fourth-order valence-corrected chi connectivity index (χ4v) is 3.88. The first-order valence-electron chi connectivity index (χ1n) is 9.58. The normalized spacial score (nSPS) is 11.0. The molecule has 160 valence electrons. The van der Waals surface area contributed by atoms with Crippen LogP contribution in [-0.2, 0) is 21.4 Å².